The molecule has 2 nitrogen and oxygen atoms in total. The van der Waals surface area contributed by atoms with Crippen molar-refractivity contribution in [2.24, 2.45) is 7.05 Å². The maximum atomic E-state index is 14.1. The summed E-state index contributed by atoms with van der Waals surface area (Å²) in [4.78, 5) is 0. The van der Waals surface area contributed by atoms with Crippen LogP contribution >= 0.6 is 0 Å². The van der Waals surface area contributed by atoms with Crippen molar-refractivity contribution >= 4 is 33.2 Å². The van der Waals surface area contributed by atoms with Crippen molar-refractivity contribution in [1.29, 1.82) is 0 Å². The molecule has 5 heteroatoms. The van der Waals surface area contributed by atoms with Crippen LogP contribution in [0.25, 0.3) is 21.8 Å². The van der Waals surface area contributed by atoms with Gasteiger partial charge in [0.2, 0.25) is 11.0 Å². The molecule has 126 valence electrons. The second kappa shape index (κ2) is 6.65. The number of fused-ring (bicyclic) bond motifs is 2. The van der Waals surface area contributed by atoms with Gasteiger partial charge in [0.25, 0.3) is 0 Å². The van der Waals surface area contributed by atoms with Crippen LogP contribution < -0.4 is 22.3 Å². The molecule has 0 aliphatic carbocycles. The van der Waals surface area contributed by atoms with Crippen molar-refractivity contribution in [3.63, 3.8) is 0 Å². The Labute approximate surface area is 150 Å². The summed E-state index contributed by atoms with van der Waals surface area (Å²) in [6.45, 7) is 0. The molecule has 0 saturated carbocycles. The zero-order valence-corrected chi connectivity index (χ0v) is 14.2. The van der Waals surface area contributed by atoms with E-state index in [0.29, 0.717) is 0 Å². The van der Waals surface area contributed by atoms with Gasteiger partial charge >= 0.3 is 0 Å². The summed E-state index contributed by atoms with van der Waals surface area (Å²) in [5.41, 5.74) is 3.12. The number of nitrogens with one attached hydrogen (secondary N) is 1. The molecule has 1 N–H and O–H groups in total. The predicted octanol–water partition coefficient (Wildman–Crippen LogP) is 1.84. The number of halogens is 3. The minimum atomic E-state index is -0.614. The average molecular weight is 357 g/mol. The van der Waals surface area contributed by atoms with Crippen LogP contribution in [0.15, 0.2) is 66.7 Å². The van der Waals surface area contributed by atoms with Gasteiger partial charge in [-0.05, 0) is 24.3 Å². The van der Waals surface area contributed by atoms with Gasteiger partial charge in [0.1, 0.15) is 18.7 Å². The van der Waals surface area contributed by atoms with Crippen LogP contribution in [-0.2, 0) is 7.05 Å². The number of para-hydroxylation sites is 2. The minimum Gasteiger partial charge on any atom is -1.00 e. The van der Waals surface area contributed by atoms with Crippen molar-refractivity contribution in [1.82, 2.24) is 0 Å². The number of hydrogen-bond acceptors (Lipinski definition) is 1. The van der Waals surface area contributed by atoms with Crippen molar-refractivity contribution in [2.45, 2.75) is 0 Å². The average Bonchev–Trinajstić information content (AvgIpc) is 2.60. The summed E-state index contributed by atoms with van der Waals surface area (Å²) in [7, 11) is 2.01. The number of rotatable bonds is 2. The standard InChI is InChI=1S/C20H14F2N2.ClH/c1-24-18-8-4-2-6-14(18)20(15-7-3-5-9-19(15)24)23-17-11-10-13(21)12-16(17)22;/h2-12H,1H3;1H. The molecule has 0 aliphatic rings. The van der Waals surface area contributed by atoms with Crippen molar-refractivity contribution in [3.8, 4) is 0 Å². The molecule has 0 aliphatic heterocycles. The zero-order valence-electron chi connectivity index (χ0n) is 13.4. The van der Waals surface area contributed by atoms with E-state index in [4.69, 9.17) is 0 Å². The van der Waals surface area contributed by atoms with Gasteiger partial charge in [-0.1, -0.05) is 24.3 Å². The lowest BCUT2D eigenvalue weighted by Crippen LogP contribution is -3.00. The molecular formula is C20H15ClF2N2. The van der Waals surface area contributed by atoms with Gasteiger partial charge in [-0.3, -0.25) is 0 Å². The van der Waals surface area contributed by atoms with Crippen LogP contribution in [0, 0.1) is 11.6 Å². The summed E-state index contributed by atoms with van der Waals surface area (Å²) >= 11 is 0. The third-order valence-electron chi connectivity index (χ3n) is 4.26. The zero-order chi connectivity index (χ0) is 16.7. The molecule has 0 bridgehead atoms. The van der Waals surface area contributed by atoms with Crippen molar-refractivity contribution < 1.29 is 25.8 Å². The van der Waals surface area contributed by atoms with Crippen LogP contribution in [0.4, 0.5) is 20.2 Å². The van der Waals surface area contributed by atoms with Gasteiger partial charge in [-0.25, -0.2) is 8.78 Å². The first-order valence-corrected chi connectivity index (χ1v) is 7.67. The van der Waals surface area contributed by atoms with Crippen LogP contribution in [0.1, 0.15) is 0 Å². The summed E-state index contributed by atoms with van der Waals surface area (Å²) in [6, 6.07) is 19.4. The van der Waals surface area contributed by atoms with Crippen LogP contribution in [0.3, 0.4) is 0 Å². The molecule has 0 spiro atoms. The number of pyridine rings is 1. The Balaban J connectivity index is 0.00000182. The SMILES string of the molecule is C[n+]1c2ccccc2c(Nc2ccc(F)cc2F)c2ccccc21.[Cl-]. The highest BCUT2D eigenvalue weighted by molar-refractivity contribution is 6.06. The third-order valence-corrected chi connectivity index (χ3v) is 4.26. The maximum absolute atomic E-state index is 14.1. The van der Waals surface area contributed by atoms with E-state index in [9.17, 15) is 8.78 Å². The summed E-state index contributed by atoms with van der Waals surface area (Å²) in [6.07, 6.45) is 0. The van der Waals surface area contributed by atoms with Gasteiger partial charge in [0, 0.05) is 18.2 Å². The topological polar surface area (TPSA) is 15.9 Å². The van der Waals surface area contributed by atoms with E-state index < -0.39 is 11.6 Å². The van der Waals surface area contributed by atoms with Crippen LogP contribution in [0.2, 0.25) is 0 Å². The fourth-order valence-electron chi connectivity index (χ4n) is 3.09. The second-order valence-electron chi connectivity index (χ2n) is 5.72. The van der Waals surface area contributed by atoms with Crippen LogP contribution in [-0.4, -0.2) is 0 Å². The first kappa shape index (κ1) is 17.1. The Morgan fingerprint density at radius 1 is 0.800 bits per heavy atom. The number of hydrogen-bond donors (Lipinski definition) is 1. The Kier molecular flexibility index (Phi) is 4.55. The van der Waals surface area contributed by atoms with Crippen molar-refractivity contribution in [2.75, 3.05) is 5.32 Å². The van der Waals surface area contributed by atoms with Gasteiger partial charge in [-0.2, -0.15) is 4.57 Å². The highest BCUT2D eigenvalue weighted by Crippen LogP contribution is 2.32. The lowest BCUT2D eigenvalue weighted by Gasteiger charge is -2.13. The number of aryl methyl sites for hydroxylation is 1. The van der Waals surface area contributed by atoms with E-state index in [1.54, 1.807) is 0 Å². The fourth-order valence-corrected chi connectivity index (χ4v) is 3.09. The minimum absolute atomic E-state index is 0. The molecule has 1 aromatic heterocycles. The summed E-state index contributed by atoms with van der Waals surface area (Å²) in [5.74, 6) is -1.20. The molecule has 0 radical (unpaired) electrons. The van der Waals surface area contributed by atoms with Crippen LogP contribution in [0.5, 0.6) is 0 Å². The largest absolute Gasteiger partial charge is 1.00 e. The normalized spacial score (nSPS) is 10.7. The third kappa shape index (κ3) is 2.89. The molecule has 3 aromatic carbocycles. The van der Waals surface area contributed by atoms with E-state index in [0.717, 1.165) is 33.6 Å². The highest BCUT2D eigenvalue weighted by atomic mass is 35.5. The van der Waals surface area contributed by atoms with Gasteiger partial charge in [-0.15, -0.1) is 0 Å². The lowest BCUT2D eigenvalue weighted by molar-refractivity contribution is -0.617. The summed E-state index contributed by atoms with van der Waals surface area (Å²) in [5, 5.41) is 5.11. The predicted molar refractivity (Wildman–Crippen MR) is 92.3 cm³/mol. The number of nitrogens with zero attached hydrogens (tertiary/aromatic N) is 1. The van der Waals surface area contributed by atoms with E-state index in [-0.39, 0.29) is 18.1 Å². The summed E-state index contributed by atoms with van der Waals surface area (Å²) < 4.78 is 29.4. The number of aromatic nitrogens is 1. The Morgan fingerprint density at radius 2 is 1.36 bits per heavy atom. The van der Waals surface area contributed by atoms with Gasteiger partial charge in [0.05, 0.1) is 22.1 Å². The molecule has 0 unspecified atom stereocenters. The first-order valence-electron chi connectivity index (χ1n) is 7.67. The quantitative estimate of drug-likeness (QED) is 0.428. The maximum Gasteiger partial charge on any atom is 0.214 e. The molecule has 0 fully saturated rings. The highest BCUT2D eigenvalue weighted by Gasteiger charge is 2.18. The molecule has 4 aromatic rings. The molecule has 0 amide bonds. The van der Waals surface area contributed by atoms with E-state index in [1.165, 1.54) is 12.1 Å². The smallest absolute Gasteiger partial charge is 0.214 e. The molecule has 1 heterocycles. The molecule has 0 atom stereocenters. The fraction of sp³-hybridized carbons (Fsp3) is 0.0500. The second-order valence-corrected chi connectivity index (χ2v) is 5.72. The van der Waals surface area contributed by atoms with E-state index in [2.05, 4.69) is 9.88 Å². The van der Waals surface area contributed by atoms with Gasteiger partial charge < -0.3 is 17.7 Å². The molecule has 4 rings (SSSR count). The van der Waals surface area contributed by atoms with Crippen molar-refractivity contribution in [3.05, 3.63) is 78.4 Å². The lowest BCUT2D eigenvalue weighted by atomic mass is 10.1. The number of anilines is 2. The van der Waals surface area contributed by atoms with E-state index in [1.807, 2.05) is 55.6 Å². The molecule has 0 saturated heterocycles. The molecule has 25 heavy (non-hydrogen) atoms. The Morgan fingerprint density at radius 3 is 1.92 bits per heavy atom. The first-order chi connectivity index (χ1) is 11.6. The Bertz CT molecular complexity index is 1020. The van der Waals surface area contributed by atoms with Gasteiger partial charge in [0.15, 0.2) is 0 Å². The molecular weight excluding hydrogens is 342 g/mol. The monoisotopic (exact) mass is 356 g/mol. The number of benzene rings is 3. The van der Waals surface area contributed by atoms with E-state index >= 15 is 0 Å². The Hall–Kier alpha value is -2.72.